The van der Waals surface area contributed by atoms with E-state index in [0.717, 1.165) is 5.56 Å². The number of nitrogens with zero attached hydrogens (tertiary/aromatic N) is 3. The Labute approximate surface area is 153 Å². The smallest absolute Gasteiger partial charge is 0.138 e. The lowest BCUT2D eigenvalue weighted by Crippen LogP contribution is -2.04. The summed E-state index contributed by atoms with van der Waals surface area (Å²) in [6.45, 7) is 0. The predicted octanol–water partition coefficient (Wildman–Crippen LogP) is 4.97. The lowest BCUT2D eigenvalue weighted by Gasteiger charge is -2.17. The zero-order valence-electron chi connectivity index (χ0n) is 12.3. The topological polar surface area (TPSA) is 50.9 Å². The van der Waals surface area contributed by atoms with Gasteiger partial charge in [0.15, 0.2) is 0 Å². The Bertz CT molecular complexity index is 861. The summed E-state index contributed by atoms with van der Waals surface area (Å²) in [6.07, 6.45) is 3.66. The number of aromatic nitrogens is 3. The highest BCUT2D eigenvalue weighted by molar-refractivity contribution is 6.35. The molecule has 122 valence electrons. The van der Waals surface area contributed by atoms with Crippen LogP contribution in [-0.4, -0.2) is 19.9 Å². The summed E-state index contributed by atoms with van der Waals surface area (Å²) in [5, 5.41) is 16.4. The van der Waals surface area contributed by atoms with Gasteiger partial charge in [-0.15, -0.1) is 0 Å². The number of halogens is 3. The number of aliphatic hydroxyl groups is 1. The standard InChI is InChI=1S/C17H12Cl3N3O/c18-12-3-1-11(2-4-12)15(8-23-10-21-9-22-23)17(24)14-6-5-13(19)7-16(14)20/h1-10,17,24H. The summed E-state index contributed by atoms with van der Waals surface area (Å²) < 4.78 is 1.51. The number of rotatable bonds is 4. The molecule has 0 saturated carbocycles. The molecule has 0 amide bonds. The Balaban J connectivity index is 2.08. The van der Waals surface area contributed by atoms with Gasteiger partial charge in [0.1, 0.15) is 18.8 Å². The summed E-state index contributed by atoms with van der Waals surface area (Å²) in [5.74, 6) is 0. The van der Waals surface area contributed by atoms with Crippen molar-refractivity contribution >= 4 is 46.6 Å². The molecule has 3 rings (SSSR count). The molecule has 0 aliphatic carbocycles. The number of hydrogen-bond donors (Lipinski definition) is 1. The lowest BCUT2D eigenvalue weighted by molar-refractivity contribution is 0.238. The van der Waals surface area contributed by atoms with E-state index in [-0.39, 0.29) is 0 Å². The molecule has 0 bridgehead atoms. The van der Waals surface area contributed by atoms with Crippen molar-refractivity contribution in [3.63, 3.8) is 0 Å². The van der Waals surface area contributed by atoms with Crippen LogP contribution >= 0.6 is 34.8 Å². The highest BCUT2D eigenvalue weighted by Crippen LogP contribution is 2.35. The Hall–Kier alpha value is -1.85. The fourth-order valence-electron chi connectivity index (χ4n) is 2.26. The van der Waals surface area contributed by atoms with Crippen molar-refractivity contribution in [3.05, 3.63) is 81.3 Å². The molecule has 0 radical (unpaired) electrons. The van der Waals surface area contributed by atoms with Gasteiger partial charge in [-0.1, -0.05) is 53.0 Å². The van der Waals surface area contributed by atoms with Gasteiger partial charge in [0.2, 0.25) is 0 Å². The molecule has 0 spiro atoms. The first kappa shape index (κ1) is 17.0. The fourth-order valence-corrected chi connectivity index (χ4v) is 2.90. The third-order valence-electron chi connectivity index (χ3n) is 3.44. The first-order valence-corrected chi connectivity index (χ1v) is 8.13. The highest BCUT2D eigenvalue weighted by atomic mass is 35.5. The van der Waals surface area contributed by atoms with Crippen molar-refractivity contribution in [1.82, 2.24) is 14.8 Å². The van der Waals surface area contributed by atoms with Crippen LogP contribution in [0.3, 0.4) is 0 Å². The van der Waals surface area contributed by atoms with Gasteiger partial charge < -0.3 is 5.11 Å². The minimum Gasteiger partial charge on any atom is -0.384 e. The normalized spacial score (nSPS) is 13.1. The Kier molecular flexibility index (Phi) is 5.21. The van der Waals surface area contributed by atoms with Crippen molar-refractivity contribution < 1.29 is 5.11 Å². The van der Waals surface area contributed by atoms with Crippen molar-refractivity contribution in [1.29, 1.82) is 0 Å². The van der Waals surface area contributed by atoms with Crippen LogP contribution in [0.4, 0.5) is 0 Å². The average molecular weight is 381 g/mol. The SMILES string of the molecule is OC(C(=Cn1cncn1)c1ccc(Cl)cc1)c1ccc(Cl)cc1Cl. The summed E-state index contributed by atoms with van der Waals surface area (Å²) in [4.78, 5) is 3.91. The van der Waals surface area contributed by atoms with Crippen LogP contribution in [0.5, 0.6) is 0 Å². The van der Waals surface area contributed by atoms with Crippen LogP contribution in [0, 0.1) is 0 Å². The van der Waals surface area contributed by atoms with Crippen LogP contribution in [0.15, 0.2) is 55.1 Å². The number of hydrogen-bond acceptors (Lipinski definition) is 3. The molecule has 0 saturated heterocycles. The maximum Gasteiger partial charge on any atom is 0.138 e. The van der Waals surface area contributed by atoms with E-state index in [0.29, 0.717) is 26.2 Å². The zero-order chi connectivity index (χ0) is 17.1. The van der Waals surface area contributed by atoms with Gasteiger partial charge in [-0.3, -0.25) is 0 Å². The van der Waals surface area contributed by atoms with Crippen molar-refractivity contribution in [2.45, 2.75) is 6.10 Å². The molecule has 4 nitrogen and oxygen atoms in total. The minimum atomic E-state index is -0.972. The van der Waals surface area contributed by atoms with E-state index in [1.54, 1.807) is 36.5 Å². The van der Waals surface area contributed by atoms with Crippen LogP contribution in [-0.2, 0) is 0 Å². The van der Waals surface area contributed by atoms with Crippen molar-refractivity contribution in [2.75, 3.05) is 0 Å². The molecule has 0 aliphatic heterocycles. The van der Waals surface area contributed by atoms with Gasteiger partial charge in [0, 0.05) is 32.4 Å². The molecular formula is C17H12Cl3N3O. The largest absolute Gasteiger partial charge is 0.384 e. The second kappa shape index (κ2) is 7.36. The Morgan fingerprint density at radius 3 is 2.38 bits per heavy atom. The molecule has 1 N–H and O–H groups in total. The van der Waals surface area contributed by atoms with E-state index in [4.69, 9.17) is 34.8 Å². The molecule has 0 fully saturated rings. The third kappa shape index (κ3) is 3.79. The first-order chi connectivity index (χ1) is 11.5. The summed E-state index contributed by atoms with van der Waals surface area (Å²) >= 11 is 18.1. The van der Waals surface area contributed by atoms with E-state index in [1.165, 1.54) is 17.3 Å². The van der Waals surface area contributed by atoms with Gasteiger partial charge in [0.05, 0.1) is 0 Å². The Morgan fingerprint density at radius 1 is 1.04 bits per heavy atom. The number of aliphatic hydroxyl groups excluding tert-OH is 1. The van der Waals surface area contributed by atoms with E-state index in [9.17, 15) is 5.11 Å². The van der Waals surface area contributed by atoms with Crippen LogP contribution < -0.4 is 0 Å². The molecule has 0 aliphatic rings. The second-order valence-corrected chi connectivity index (χ2v) is 6.32. The molecule has 3 aromatic rings. The molecule has 2 aromatic carbocycles. The molecule has 1 atom stereocenters. The maximum absolute atomic E-state index is 10.9. The number of benzene rings is 2. The van der Waals surface area contributed by atoms with Crippen molar-refractivity contribution in [2.24, 2.45) is 0 Å². The molecule has 1 aromatic heterocycles. The maximum atomic E-state index is 10.9. The van der Waals surface area contributed by atoms with E-state index in [1.807, 2.05) is 12.1 Å². The minimum absolute atomic E-state index is 0.383. The lowest BCUT2D eigenvalue weighted by atomic mass is 9.96. The summed E-state index contributed by atoms with van der Waals surface area (Å²) in [5.41, 5.74) is 1.93. The molecule has 1 heterocycles. The van der Waals surface area contributed by atoms with Gasteiger partial charge in [0.25, 0.3) is 0 Å². The fraction of sp³-hybridized carbons (Fsp3) is 0.0588. The Morgan fingerprint density at radius 2 is 1.75 bits per heavy atom. The quantitative estimate of drug-likeness (QED) is 0.695. The van der Waals surface area contributed by atoms with Gasteiger partial charge in [-0.05, 0) is 29.8 Å². The van der Waals surface area contributed by atoms with Gasteiger partial charge in [-0.25, -0.2) is 9.67 Å². The molecule has 1 unspecified atom stereocenters. The van der Waals surface area contributed by atoms with Gasteiger partial charge >= 0.3 is 0 Å². The molecule has 24 heavy (non-hydrogen) atoms. The van der Waals surface area contributed by atoms with Crippen LogP contribution in [0.2, 0.25) is 15.1 Å². The van der Waals surface area contributed by atoms with Gasteiger partial charge in [-0.2, -0.15) is 5.10 Å². The zero-order valence-corrected chi connectivity index (χ0v) is 14.5. The molecule has 7 heteroatoms. The third-order valence-corrected chi connectivity index (χ3v) is 4.25. The van der Waals surface area contributed by atoms with E-state index < -0.39 is 6.10 Å². The van der Waals surface area contributed by atoms with E-state index in [2.05, 4.69) is 10.1 Å². The van der Waals surface area contributed by atoms with Crippen LogP contribution in [0.1, 0.15) is 17.2 Å². The average Bonchev–Trinajstić information content (AvgIpc) is 3.06. The summed E-state index contributed by atoms with van der Waals surface area (Å²) in [6, 6.07) is 12.1. The second-order valence-electron chi connectivity index (χ2n) is 5.04. The predicted molar refractivity (Wildman–Crippen MR) is 97.1 cm³/mol. The van der Waals surface area contributed by atoms with E-state index >= 15 is 0 Å². The summed E-state index contributed by atoms with van der Waals surface area (Å²) in [7, 11) is 0. The molecular weight excluding hydrogens is 369 g/mol. The first-order valence-electron chi connectivity index (χ1n) is 6.99. The van der Waals surface area contributed by atoms with Crippen LogP contribution in [0.25, 0.3) is 11.8 Å². The van der Waals surface area contributed by atoms with Crippen molar-refractivity contribution in [3.8, 4) is 0 Å². The monoisotopic (exact) mass is 379 g/mol. The highest BCUT2D eigenvalue weighted by Gasteiger charge is 2.19.